The Labute approximate surface area is 109 Å². The van der Waals surface area contributed by atoms with Crippen molar-refractivity contribution in [3.8, 4) is 0 Å². The minimum absolute atomic E-state index is 0.632. The standard InChI is InChI=1S/C16H22N2/c1-3-12(10-17-2)15-11-18-9-5-7-13-6-4-8-14(15)16(13)18/h4,6,8,11-12,17H,3,5,7,9-10H2,1-2H3. The van der Waals surface area contributed by atoms with Gasteiger partial charge >= 0.3 is 0 Å². The lowest BCUT2D eigenvalue weighted by atomic mass is 9.94. The number of likely N-dealkylation sites (N-methyl/N-ethyl adjacent to an activating group) is 1. The van der Waals surface area contributed by atoms with E-state index in [-0.39, 0.29) is 0 Å². The predicted molar refractivity (Wildman–Crippen MR) is 77.2 cm³/mol. The molecule has 1 aliphatic heterocycles. The fourth-order valence-electron chi connectivity index (χ4n) is 3.33. The van der Waals surface area contributed by atoms with Crippen LogP contribution in [-0.2, 0) is 13.0 Å². The third-order valence-corrected chi connectivity index (χ3v) is 4.24. The second-order valence-electron chi connectivity index (χ2n) is 5.36. The van der Waals surface area contributed by atoms with Crippen LogP contribution in [0.1, 0.15) is 36.8 Å². The molecule has 2 nitrogen and oxygen atoms in total. The van der Waals surface area contributed by atoms with E-state index in [1.807, 2.05) is 7.05 Å². The van der Waals surface area contributed by atoms with Crippen molar-refractivity contribution in [1.82, 2.24) is 9.88 Å². The van der Waals surface area contributed by atoms with Crippen LogP contribution in [0, 0.1) is 0 Å². The summed E-state index contributed by atoms with van der Waals surface area (Å²) >= 11 is 0. The first-order valence-corrected chi connectivity index (χ1v) is 7.10. The summed E-state index contributed by atoms with van der Waals surface area (Å²) in [4.78, 5) is 0. The predicted octanol–water partition coefficient (Wildman–Crippen LogP) is 3.30. The van der Waals surface area contributed by atoms with Crippen molar-refractivity contribution in [2.24, 2.45) is 0 Å². The molecule has 1 atom stereocenters. The van der Waals surface area contributed by atoms with E-state index in [0.717, 1.165) is 6.54 Å². The Morgan fingerprint density at radius 2 is 2.28 bits per heavy atom. The highest BCUT2D eigenvalue weighted by Crippen LogP contribution is 2.34. The number of hydrogen-bond donors (Lipinski definition) is 1. The number of aryl methyl sites for hydroxylation is 2. The summed E-state index contributed by atoms with van der Waals surface area (Å²) in [5, 5.41) is 4.81. The molecule has 1 N–H and O–H groups in total. The zero-order valence-corrected chi connectivity index (χ0v) is 11.4. The highest BCUT2D eigenvalue weighted by molar-refractivity contribution is 5.87. The van der Waals surface area contributed by atoms with Gasteiger partial charge < -0.3 is 9.88 Å². The van der Waals surface area contributed by atoms with Gasteiger partial charge in [0.15, 0.2) is 0 Å². The molecule has 96 valence electrons. The van der Waals surface area contributed by atoms with Crippen molar-refractivity contribution < 1.29 is 0 Å². The first kappa shape index (κ1) is 11.8. The molecule has 0 spiro atoms. The molecule has 2 heterocycles. The Balaban J connectivity index is 2.16. The Morgan fingerprint density at radius 3 is 3.06 bits per heavy atom. The third-order valence-electron chi connectivity index (χ3n) is 4.24. The number of benzene rings is 1. The summed E-state index contributed by atoms with van der Waals surface area (Å²) in [7, 11) is 2.05. The lowest BCUT2D eigenvalue weighted by molar-refractivity contribution is 0.603. The average molecular weight is 242 g/mol. The number of nitrogens with one attached hydrogen (secondary N) is 1. The zero-order chi connectivity index (χ0) is 12.5. The van der Waals surface area contributed by atoms with Crippen LogP contribution < -0.4 is 5.32 Å². The maximum atomic E-state index is 3.33. The molecule has 1 aromatic carbocycles. The van der Waals surface area contributed by atoms with Gasteiger partial charge in [-0.25, -0.2) is 0 Å². The minimum Gasteiger partial charge on any atom is -0.347 e. The molecular weight excluding hydrogens is 220 g/mol. The first-order valence-electron chi connectivity index (χ1n) is 7.10. The topological polar surface area (TPSA) is 17.0 Å². The summed E-state index contributed by atoms with van der Waals surface area (Å²) in [6.45, 7) is 4.54. The van der Waals surface area contributed by atoms with Gasteiger partial charge in [-0.15, -0.1) is 0 Å². The van der Waals surface area contributed by atoms with Gasteiger partial charge in [0.2, 0.25) is 0 Å². The highest BCUT2D eigenvalue weighted by Gasteiger charge is 2.19. The van der Waals surface area contributed by atoms with Crippen molar-refractivity contribution in [3.05, 3.63) is 35.5 Å². The van der Waals surface area contributed by atoms with Gasteiger partial charge in [0.1, 0.15) is 0 Å². The highest BCUT2D eigenvalue weighted by atomic mass is 15.0. The van der Waals surface area contributed by atoms with Gasteiger partial charge in [-0.2, -0.15) is 0 Å². The molecule has 1 unspecified atom stereocenters. The smallest absolute Gasteiger partial charge is 0.0515 e. The monoisotopic (exact) mass is 242 g/mol. The van der Waals surface area contributed by atoms with Crippen LogP contribution in [0.2, 0.25) is 0 Å². The van der Waals surface area contributed by atoms with Crippen LogP contribution in [0.3, 0.4) is 0 Å². The van der Waals surface area contributed by atoms with E-state index < -0.39 is 0 Å². The molecule has 2 aromatic rings. The number of hydrogen-bond acceptors (Lipinski definition) is 1. The van der Waals surface area contributed by atoms with Crippen LogP contribution in [-0.4, -0.2) is 18.2 Å². The summed E-state index contributed by atoms with van der Waals surface area (Å²) in [6.07, 6.45) is 6.12. The van der Waals surface area contributed by atoms with Crippen LogP contribution in [0.5, 0.6) is 0 Å². The van der Waals surface area contributed by atoms with Crippen molar-refractivity contribution in [2.45, 2.75) is 38.6 Å². The van der Waals surface area contributed by atoms with Crippen molar-refractivity contribution >= 4 is 10.9 Å². The van der Waals surface area contributed by atoms with E-state index in [2.05, 4.69) is 41.2 Å². The van der Waals surface area contributed by atoms with Crippen LogP contribution >= 0.6 is 0 Å². The Kier molecular flexibility index (Phi) is 3.13. The molecule has 0 amide bonds. The van der Waals surface area contributed by atoms with Gasteiger partial charge in [0.25, 0.3) is 0 Å². The SMILES string of the molecule is CCC(CNC)c1cn2c3c(cccc13)CCC2. The molecule has 1 aliphatic rings. The molecule has 18 heavy (non-hydrogen) atoms. The van der Waals surface area contributed by atoms with Crippen LogP contribution in [0.4, 0.5) is 0 Å². The largest absolute Gasteiger partial charge is 0.347 e. The van der Waals surface area contributed by atoms with E-state index in [1.165, 1.54) is 47.8 Å². The van der Waals surface area contributed by atoms with E-state index in [1.54, 1.807) is 0 Å². The van der Waals surface area contributed by atoms with Crippen LogP contribution in [0.15, 0.2) is 24.4 Å². The third kappa shape index (κ3) is 1.76. The molecule has 0 saturated heterocycles. The first-order chi connectivity index (χ1) is 8.85. The van der Waals surface area contributed by atoms with Gasteiger partial charge in [0, 0.05) is 24.7 Å². The minimum atomic E-state index is 0.632. The van der Waals surface area contributed by atoms with Crippen molar-refractivity contribution in [2.75, 3.05) is 13.6 Å². The summed E-state index contributed by atoms with van der Waals surface area (Å²) in [5.41, 5.74) is 4.56. The second-order valence-corrected chi connectivity index (χ2v) is 5.36. The zero-order valence-electron chi connectivity index (χ0n) is 11.4. The molecule has 3 rings (SSSR count). The molecule has 0 bridgehead atoms. The van der Waals surface area contributed by atoms with Crippen molar-refractivity contribution in [1.29, 1.82) is 0 Å². The van der Waals surface area contributed by atoms with Gasteiger partial charge in [0.05, 0.1) is 5.52 Å². The Bertz CT molecular complexity index is 553. The van der Waals surface area contributed by atoms with Crippen molar-refractivity contribution in [3.63, 3.8) is 0 Å². The average Bonchev–Trinajstić information content (AvgIpc) is 2.78. The molecule has 0 aliphatic carbocycles. The van der Waals surface area contributed by atoms with Crippen LogP contribution in [0.25, 0.3) is 10.9 Å². The number of para-hydroxylation sites is 1. The van der Waals surface area contributed by atoms with E-state index >= 15 is 0 Å². The van der Waals surface area contributed by atoms with Gasteiger partial charge in [-0.3, -0.25) is 0 Å². The Morgan fingerprint density at radius 1 is 1.39 bits per heavy atom. The quantitative estimate of drug-likeness (QED) is 0.870. The van der Waals surface area contributed by atoms with E-state index in [9.17, 15) is 0 Å². The van der Waals surface area contributed by atoms with Gasteiger partial charge in [-0.1, -0.05) is 25.1 Å². The number of aromatic nitrogens is 1. The van der Waals surface area contributed by atoms with E-state index in [0.29, 0.717) is 5.92 Å². The molecular formula is C16H22N2. The molecule has 2 heteroatoms. The maximum Gasteiger partial charge on any atom is 0.0515 e. The summed E-state index contributed by atoms with van der Waals surface area (Å²) in [6, 6.07) is 6.82. The lowest BCUT2D eigenvalue weighted by Gasteiger charge is -2.15. The lowest BCUT2D eigenvalue weighted by Crippen LogP contribution is -2.16. The Hall–Kier alpha value is -1.28. The summed E-state index contributed by atoms with van der Waals surface area (Å²) in [5.74, 6) is 0.632. The number of rotatable bonds is 4. The van der Waals surface area contributed by atoms with E-state index in [4.69, 9.17) is 0 Å². The normalized spacial score (nSPS) is 16.1. The molecule has 1 aromatic heterocycles. The fourth-order valence-corrected chi connectivity index (χ4v) is 3.33. The summed E-state index contributed by atoms with van der Waals surface area (Å²) < 4.78 is 2.47. The maximum absolute atomic E-state index is 3.33. The second kappa shape index (κ2) is 4.77. The number of nitrogens with zero attached hydrogens (tertiary/aromatic N) is 1. The molecule has 0 radical (unpaired) electrons. The van der Waals surface area contributed by atoms with Gasteiger partial charge in [-0.05, 0) is 43.4 Å². The fraction of sp³-hybridized carbons (Fsp3) is 0.500. The molecule has 0 fully saturated rings. The molecule has 0 saturated carbocycles.